The predicted octanol–water partition coefficient (Wildman–Crippen LogP) is 2.95. The van der Waals surface area contributed by atoms with E-state index in [9.17, 15) is 23.6 Å². The summed E-state index contributed by atoms with van der Waals surface area (Å²) in [6.07, 6.45) is 3.42. The van der Waals surface area contributed by atoms with Gasteiger partial charge in [0.05, 0.1) is 14.2 Å². The van der Waals surface area contributed by atoms with E-state index in [0.717, 1.165) is 30.4 Å². The van der Waals surface area contributed by atoms with Gasteiger partial charge in [0.1, 0.15) is 11.9 Å². The average Bonchev–Trinajstić information content (AvgIpc) is 2.90. The van der Waals surface area contributed by atoms with E-state index < -0.39 is 35.6 Å². The highest BCUT2D eigenvalue weighted by molar-refractivity contribution is 5.95. The maximum absolute atomic E-state index is 13.3. The molecule has 0 spiro atoms. The Morgan fingerprint density at radius 2 is 1.53 bits per heavy atom. The van der Waals surface area contributed by atoms with Gasteiger partial charge in [-0.15, -0.1) is 0 Å². The number of nitrogens with one attached hydrogen (secondary N) is 1. The maximum atomic E-state index is 13.3. The molecule has 3 rings (SSSR count). The number of carbonyl (C=O) groups excluding carboxylic acids is 4. The molecular weight excluding hydrogens is 467 g/mol. The number of hydrogen-bond acceptors (Lipinski definition) is 6. The Labute approximate surface area is 209 Å². The molecule has 2 aromatic carbocycles. The summed E-state index contributed by atoms with van der Waals surface area (Å²) in [6.45, 7) is 0. The van der Waals surface area contributed by atoms with Crippen LogP contribution in [0.15, 0.2) is 48.5 Å². The first-order chi connectivity index (χ1) is 17.2. The number of ether oxygens (including phenoxy) is 2. The molecule has 3 N–H and O–H groups in total. The van der Waals surface area contributed by atoms with Crippen LogP contribution in [0.3, 0.4) is 0 Å². The minimum atomic E-state index is -1.06. The Bertz CT molecular complexity index is 1070. The molecule has 192 valence electrons. The van der Waals surface area contributed by atoms with Crippen molar-refractivity contribution in [2.45, 2.75) is 44.1 Å². The lowest BCUT2D eigenvalue weighted by atomic mass is 9.74. The summed E-state index contributed by atoms with van der Waals surface area (Å²) in [7, 11) is 2.43. The molecule has 3 atom stereocenters. The fourth-order valence-electron chi connectivity index (χ4n) is 4.75. The van der Waals surface area contributed by atoms with Crippen molar-refractivity contribution in [3.63, 3.8) is 0 Å². The van der Waals surface area contributed by atoms with Gasteiger partial charge in [0, 0.05) is 5.92 Å². The number of primary amides is 1. The van der Waals surface area contributed by atoms with E-state index in [0.29, 0.717) is 12.0 Å². The Morgan fingerprint density at radius 3 is 2.08 bits per heavy atom. The summed E-state index contributed by atoms with van der Waals surface area (Å²) in [5.74, 6) is -4.30. The average molecular weight is 499 g/mol. The van der Waals surface area contributed by atoms with Crippen molar-refractivity contribution in [1.82, 2.24) is 5.32 Å². The highest BCUT2D eigenvalue weighted by Gasteiger charge is 2.34. The fourth-order valence-corrected chi connectivity index (χ4v) is 4.75. The van der Waals surface area contributed by atoms with E-state index in [1.165, 1.54) is 38.5 Å². The van der Waals surface area contributed by atoms with E-state index in [1.54, 1.807) is 0 Å². The van der Waals surface area contributed by atoms with E-state index in [2.05, 4.69) is 5.32 Å². The van der Waals surface area contributed by atoms with Gasteiger partial charge in [0.15, 0.2) is 5.92 Å². The summed E-state index contributed by atoms with van der Waals surface area (Å²) >= 11 is 0. The second-order valence-corrected chi connectivity index (χ2v) is 8.94. The first-order valence-corrected chi connectivity index (χ1v) is 11.8. The SMILES string of the molecule is COC(=O)C(Cc1ccc(C2CCCC[C@H]2C(=O)N[C@H](C(N)=O)c2ccc(F)cc2)cc1)C(=O)OC. The minimum Gasteiger partial charge on any atom is -0.468 e. The van der Waals surface area contributed by atoms with Crippen LogP contribution < -0.4 is 11.1 Å². The van der Waals surface area contributed by atoms with Gasteiger partial charge < -0.3 is 20.5 Å². The normalized spacial score (nSPS) is 18.2. The van der Waals surface area contributed by atoms with Crippen LogP contribution in [0, 0.1) is 17.7 Å². The molecule has 0 heterocycles. The number of benzene rings is 2. The zero-order valence-electron chi connectivity index (χ0n) is 20.4. The second kappa shape index (κ2) is 12.3. The van der Waals surface area contributed by atoms with Crippen molar-refractivity contribution >= 4 is 23.8 Å². The molecule has 1 aliphatic rings. The van der Waals surface area contributed by atoms with Crippen LogP contribution in [0.1, 0.15) is 54.3 Å². The van der Waals surface area contributed by atoms with Crippen molar-refractivity contribution in [3.05, 3.63) is 71.0 Å². The van der Waals surface area contributed by atoms with Crippen LogP contribution in [0.25, 0.3) is 0 Å². The Morgan fingerprint density at radius 1 is 0.944 bits per heavy atom. The maximum Gasteiger partial charge on any atom is 0.320 e. The lowest BCUT2D eigenvalue weighted by Gasteiger charge is -2.32. The van der Waals surface area contributed by atoms with Crippen molar-refractivity contribution in [2.75, 3.05) is 14.2 Å². The third kappa shape index (κ3) is 6.47. The summed E-state index contributed by atoms with van der Waals surface area (Å²) in [4.78, 5) is 49.3. The van der Waals surface area contributed by atoms with E-state index in [4.69, 9.17) is 15.2 Å². The number of carbonyl (C=O) groups is 4. The van der Waals surface area contributed by atoms with Gasteiger partial charge >= 0.3 is 11.9 Å². The first kappa shape index (κ1) is 26.8. The molecule has 0 aliphatic heterocycles. The summed E-state index contributed by atoms with van der Waals surface area (Å²) < 4.78 is 22.7. The third-order valence-electron chi connectivity index (χ3n) is 6.70. The van der Waals surface area contributed by atoms with Gasteiger partial charge in [-0.25, -0.2) is 4.39 Å². The molecule has 2 amide bonds. The highest BCUT2D eigenvalue weighted by Crippen LogP contribution is 2.38. The van der Waals surface area contributed by atoms with Crippen molar-refractivity contribution < 1.29 is 33.0 Å². The number of amides is 2. The molecule has 0 bridgehead atoms. The molecule has 0 radical (unpaired) electrons. The molecule has 1 saturated carbocycles. The highest BCUT2D eigenvalue weighted by atomic mass is 19.1. The monoisotopic (exact) mass is 498 g/mol. The van der Waals surface area contributed by atoms with Gasteiger partial charge in [-0.2, -0.15) is 0 Å². The Balaban J connectivity index is 1.76. The molecule has 1 aliphatic carbocycles. The van der Waals surface area contributed by atoms with Crippen molar-refractivity contribution in [1.29, 1.82) is 0 Å². The fraction of sp³-hybridized carbons (Fsp3) is 0.407. The van der Waals surface area contributed by atoms with Crippen LogP contribution in [-0.4, -0.2) is 38.0 Å². The number of rotatable bonds is 9. The minimum absolute atomic E-state index is 0.0773. The zero-order chi connectivity index (χ0) is 26.2. The van der Waals surface area contributed by atoms with Gasteiger partial charge in [-0.05, 0) is 54.0 Å². The predicted molar refractivity (Wildman–Crippen MR) is 129 cm³/mol. The Kier molecular flexibility index (Phi) is 9.16. The van der Waals surface area contributed by atoms with Gasteiger partial charge in [0.2, 0.25) is 11.8 Å². The van der Waals surface area contributed by atoms with Gasteiger partial charge in [-0.3, -0.25) is 19.2 Å². The number of nitrogens with two attached hydrogens (primary N) is 1. The molecular formula is C27H31FN2O6. The molecule has 9 heteroatoms. The third-order valence-corrected chi connectivity index (χ3v) is 6.70. The van der Waals surface area contributed by atoms with E-state index >= 15 is 0 Å². The van der Waals surface area contributed by atoms with Crippen LogP contribution in [0.4, 0.5) is 4.39 Å². The summed E-state index contributed by atoms with van der Waals surface area (Å²) in [6, 6.07) is 11.7. The van der Waals surface area contributed by atoms with Crippen LogP contribution in [-0.2, 0) is 35.1 Å². The number of halogens is 1. The molecule has 1 unspecified atom stereocenters. The number of methoxy groups -OCH3 is 2. The quantitative estimate of drug-likeness (QED) is 0.405. The standard InChI is InChI=1S/C27H31FN2O6/c1-35-26(33)22(27(34)36-2)15-16-7-9-17(10-8-16)20-5-3-4-6-21(20)25(32)30-23(24(29)31)18-11-13-19(28)14-12-18/h7-14,20-23H,3-6,15H2,1-2H3,(H2,29,31)(H,30,32)/t20?,21-,23+/m1/s1. The number of esters is 2. The second-order valence-electron chi connectivity index (χ2n) is 8.94. The summed E-state index contributed by atoms with van der Waals surface area (Å²) in [5.41, 5.74) is 7.65. The van der Waals surface area contributed by atoms with E-state index in [1.807, 2.05) is 24.3 Å². The molecule has 8 nitrogen and oxygen atoms in total. The smallest absolute Gasteiger partial charge is 0.320 e. The lowest BCUT2D eigenvalue weighted by molar-refractivity contribution is -0.158. The van der Waals surface area contributed by atoms with Crippen molar-refractivity contribution in [3.8, 4) is 0 Å². The molecule has 2 aromatic rings. The Hall–Kier alpha value is -3.75. The van der Waals surface area contributed by atoms with Crippen LogP contribution in [0.5, 0.6) is 0 Å². The van der Waals surface area contributed by atoms with Gasteiger partial charge in [0.25, 0.3) is 0 Å². The first-order valence-electron chi connectivity index (χ1n) is 11.8. The number of hydrogen-bond donors (Lipinski definition) is 2. The summed E-state index contributed by atoms with van der Waals surface area (Å²) in [5, 5.41) is 2.76. The van der Waals surface area contributed by atoms with Gasteiger partial charge in [-0.1, -0.05) is 49.2 Å². The van der Waals surface area contributed by atoms with Crippen LogP contribution in [0.2, 0.25) is 0 Å². The van der Waals surface area contributed by atoms with Crippen LogP contribution >= 0.6 is 0 Å². The topological polar surface area (TPSA) is 125 Å². The zero-order valence-corrected chi connectivity index (χ0v) is 20.4. The largest absolute Gasteiger partial charge is 0.468 e. The molecule has 0 aromatic heterocycles. The lowest BCUT2D eigenvalue weighted by Crippen LogP contribution is -2.42. The molecule has 1 fully saturated rings. The van der Waals surface area contributed by atoms with Crippen molar-refractivity contribution in [2.24, 2.45) is 17.6 Å². The molecule has 36 heavy (non-hydrogen) atoms. The van der Waals surface area contributed by atoms with E-state index in [-0.39, 0.29) is 24.2 Å². The molecule has 0 saturated heterocycles.